The maximum atomic E-state index is 12.3. The molecule has 1 saturated carbocycles. The summed E-state index contributed by atoms with van der Waals surface area (Å²) in [6.45, 7) is 0. The lowest BCUT2D eigenvalue weighted by Gasteiger charge is -2.31. The molecular weight excluding hydrogens is 247 g/mol. The number of aliphatic hydroxyl groups is 1. The smallest absolute Gasteiger partial charge is 0.393 e. The van der Waals surface area contributed by atoms with Gasteiger partial charge in [-0.2, -0.15) is 13.2 Å². The molecule has 1 aromatic rings. The molecule has 2 rings (SSSR count). The molecule has 1 aliphatic rings. The minimum atomic E-state index is -4.40. The zero-order valence-corrected chi connectivity index (χ0v) is 9.37. The highest BCUT2D eigenvalue weighted by Gasteiger charge is 2.31. The maximum absolute atomic E-state index is 12.3. The van der Waals surface area contributed by atoms with Crippen molar-refractivity contribution in [3.8, 4) is 0 Å². The van der Waals surface area contributed by atoms with Gasteiger partial charge in [0.25, 0.3) is 5.91 Å². The van der Waals surface area contributed by atoms with Crippen LogP contribution in [0.5, 0.6) is 0 Å². The maximum Gasteiger partial charge on any atom is 0.416 e. The van der Waals surface area contributed by atoms with Crippen molar-refractivity contribution < 1.29 is 23.1 Å². The number of carbonyl (C=O) groups excluding carboxylic acids is 1. The van der Waals surface area contributed by atoms with Crippen molar-refractivity contribution in [3.05, 3.63) is 35.4 Å². The Labute approximate surface area is 102 Å². The second-order valence-electron chi connectivity index (χ2n) is 4.37. The van der Waals surface area contributed by atoms with Crippen molar-refractivity contribution in [1.82, 2.24) is 5.32 Å². The number of carbonyl (C=O) groups is 1. The summed E-state index contributed by atoms with van der Waals surface area (Å²) in [5.41, 5.74) is -0.595. The van der Waals surface area contributed by atoms with Crippen LogP contribution < -0.4 is 5.32 Å². The number of benzene rings is 1. The quantitative estimate of drug-likeness (QED) is 0.853. The first kappa shape index (κ1) is 12.9. The third-order valence-corrected chi connectivity index (χ3v) is 2.92. The molecule has 0 spiro atoms. The first-order chi connectivity index (χ1) is 8.36. The highest BCUT2D eigenvalue weighted by atomic mass is 19.4. The predicted octanol–water partition coefficient (Wildman–Crippen LogP) is 1.96. The predicted molar refractivity (Wildman–Crippen MR) is 57.9 cm³/mol. The molecule has 0 aromatic heterocycles. The van der Waals surface area contributed by atoms with Crippen LogP contribution in [0.4, 0.5) is 13.2 Å². The van der Waals surface area contributed by atoms with Gasteiger partial charge in [0.15, 0.2) is 0 Å². The summed E-state index contributed by atoms with van der Waals surface area (Å²) < 4.78 is 36.9. The first-order valence-corrected chi connectivity index (χ1v) is 5.52. The molecule has 1 fully saturated rings. The summed E-state index contributed by atoms with van der Waals surface area (Å²) in [7, 11) is 0. The topological polar surface area (TPSA) is 49.3 Å². The van der Waals surface area contributed by atoms with Gasteiger partial charge in [-0.05, 0) is 37.1 Å². The van der Waals surface area contributed by atoms with Crippen molar-refractivity contribution in [2.75, 3.05) is 0 Å². The third kappa shape index (κ3) is 2.81. The van der Waals surface area contributed by atoms with Gasteiger partial charge in [-0.25, -0.2) is 0 Å². The van der Waals surface area contributed by atoms with E-state index in [2.05, 4.69) is 5.32 Å². The number of aliphatic hydroxyl groups excluding tert-OH is 1. The summed E-state index contributed by atoms with van der Waals surface area (Å²) in [4.78, 5) is 11.6. The molecule has 6 heteroatoms. The van der Waals surface area contributed by atoms with Crippen LogP contribution in [0.2, 0.25) is 0 Å². The van der Waals surface area contributed by atoms with Crippen LogP contribution in [-0.4, -0.2) is 23.2 Å². The Bertz CT molecular complexity index is 436. The number of hydrogen-bond acceptors (Lipinski definition) is 2. The Balaban J connectivity index is 1.99. The van der Waals surface area contributed by atoms with E-state index in [0.717, 1.165) is 24.3 Å². The van der Waals surface area contributed by atoms with Gasteiger partial charge >= 0.3 is 6.18 Å². The van der Waals surface area contributed by atoms with E-state index in [1.54, 1.807) is 0 Å². The standard InChI is InChI=1S/C12H12F3NO2/c13-12(14,15)8-3-1-7(2-4-8)11(18)16-9-5-10(17)6-9/h1-4,9-10,17H,5-6H2,(H,16,18). The molecule has 1 aromatic carbocycles. The molecule has 0 heterocycles. The van der Waals surface area contributed by atoms with Gasteiger partial charge in [-0.3, -0.25) is 4.79 Å². The molecule has 0 atom stereocenters. The fourth-order valence-electron chi connectivity index (χ4n) is 1.78. The Morgan fingerprint density at radius 3 is 2.22 bits per heavy atom. The average molecular weight is 259 g/mol. The van der Waals surface area contributed by atoms with Crippen molar-refractivity contribution in [1.29, 1.82) is 0 Å². The van der Waals surface area contributed by atoms with Crippen LogP contribution in [0.15, 0.2) is 24.3 Å². The van der Waals surface area contributed by atoms with Crippen LogP contribution in [0.1, 0.15) is 28.8 Å². The minimum Gasteiger partial charge on any atom is -0.393 e. The van der Waals surface area contributed by atoms with Crippen molar-refractivity contribution >= 4 is 5.91 Å². The second kappa shape index (κ2) is 4.61. The van der Waals surface area contributed by atoms with Crippen molar-refractivity contribution in [2.45, 2.75) is 31.2 Å². The largest absolute Gasteiger partial charge is 0.416 e. The van der Waals surface area contributed by atoms with Crippen LogP contribution in [0, 0.1) is 0 Å². The molecule has 1 amide bonds. The van der Waals surface area contributed by atoms with E-state index in [1.807, 2.05) is 0 Å². The normalized spacial score (nSPS) is 23.3. The number of rotatable bonds is 2. The molecule has 0 aliphatic heterocycles. The monoisotopic (exact) mass is 259 g/mol. The lowest BCUT2D eigenvalue weighted by atomic mass is 9.89. The molecule has 0 bridgehead atoms. The van der Waals surface area contributed by atoms with E-state index in [9.17, 15) is 18.0 Å². The molecule has 0 radical (unpaired) electrons. The zero-order valence-electron chi connectivity index (χ0n) is 9.37. The van der Waals surface area contributed by atoms with Gasteiger partial charge in [-0.1, -0.05) is 0 Å². The lowest BCUT2D eigenvalue weighted by Crippen LogP contribution is -2.46. The minimum absolute atomic E-state index is 0.0882. The van der Waals surface area contributed by atoms with Crippen molar-refractivity contribution in [3.63, 3.8) is 0 Å². The van der Waals surface area contributed by atoms with Crippen molar-refractivity contribution in [2.24, 2.45) is 0 Å². The van der Waals surface area contributed by atoms with Gasteiger partial charge in [-0.15, -0.1) is 0 Å². The average Bonchev–Trinajstić information content (AvgIpc) is 2.26. The fraction of sp³-hybridized carbons (Fsp3) is 0.417. The second-order valence-corrected chi connectivity index (χ2v) is 4.37. The molecule has 98 valence electrons. The molecule has 3 nitrogen and oxygen atoms in total. The summed E-state index contributed by atoms with van der Waals surface area (Å²) in [6.07, 6.45) is -3.80. The summed E-state index contributed by atoms with van der Waals surface area (Å²) >= 11 is 0. The molecule has 0 saturated heterocycles. The molecule has 0 unspecified atom stereocenters. The Kier molecular flexibility index (Phi) is 3.30. The van der Waals surface area contributed by atoms with Gasteiger partial charge in [0, 0.05) is 11.6 Å². The number of hydrogen-bond donors (Lipinski definition) is 2. The van der Waals surface area contributed by atoms with E-state index >= 15 is 0 Å². The highest BCUT2D eigenvalue weighted by Crippen LogP contribution is 2.29. The van der Waals surface area contributed by atoms with Gasteiger partial charge < -0.3 is 10.4 Å². The van der Waals surface area contributed by atoms with Crippen LogP contribution in [0.25, 0.3) is 0 Å². The van der Waals surface area contributed by atoms with Crippen LogP contribution in [-0.2, 0) is 6.18 Å². The van der Waals surface area contributed by atoms with E-state index in [4.69, 9.17) is 5.11 Å². The SMILES string of the molecule is O=C(NC1CC(O)C1)c1ccc(C(F)(F)F)cc1. The van der Waals surface area contributed by atoms with Gasteiger partial charge in [0.1, 0.15) is 0 Å². The van der Waals surface area contributed by atoms with Gasteiger partial charge in [0.05, 0.1) is 11.7 Å². The molecule has 18 heavy (non-hydrogen) atoms. The Morgan fingerprint density at radius 2 is 1.78 bits per heavy atom. The first-order valence-electron chi connectivity index (χ1n) is 5.52. The molecule has 2 N–H and O–H groups in total. The van der Waals surface area contributed by atoms with Crippen LogP contribution in [0.3, 0.4) is 0 Å². The van der Waals surface area contributed by atoms with E-state index in [1.165, 1.54) is 0 Å². The van der Waals surface area contributed by atoms with Gasteiger partial charge in [0.2, 0.25) is 0 Å². The Morgan fingerprint density at radius 1 is 1.22 bits per heavy atom. The molecular formula is C12H12F3NO2. The summed E-state index contributed by atoms with van der Waals surface area (Å²) in [5, 5.41) is 11.7. The number of nitrogens with one attached hydrogen (secondary N) is 1. The van der Waals surface area contributed by atoms with E-state index < -0.39 is 17.6 Å². The van der Waals surface area contributed by atoms with E-state index in [0.29, 0.717) is 12.8 Å². The zero-order chi connectivity index (χ0) is 13.3. The summed E-state index contributed by atoms with van der Waals surface area (Å²) in [6, 6.07) is 3.96. The van der Waals surface area contributed by atoms with Crippen LogP contribution >= 0.6 is 0 Å². The number of amides is 1. The molecule has 1 aliphatic carbocycles. The highest BCUT2D eigenvalue weighted by molar-refractivity contribution is 5.94. The Hall–Kier alpha value is -1.56. The van der Waals surface area contributed by atoms with E-state index in [-0.39, 0.29) is 17.7 Å². The lowest BCUT2D eigenvalue weighted by molar-refractivity contribution is -0.137. The third-order valence-electron chi connectivity index (χ3n) is 2.92. The fourth-order valence-corrected chi connectivity index (χ4v) is 1.78. The summed E-state index contributed by atoms with van der Waals surface area (Å²) in [5.74, 6) is -0.416. The number of alkyl halides is 3. The number of halogens is 3.